The normalized spacial score (nSPS) is 24.5. The molecule has 0 amide bonds. The summed E-state index contributed by atoms with van der Waals surface area (Å²) in [5.74, 6) is 0.754. The number of likely N-dealkylation sites (tertiary alicyclic amines) is 2. The number of esters is 1. The van der Waals surface area contributed by atoms with E-state index in [0.717, 1.165) is 19.0 Å². The van der Waals surface area contributed by atoms with Crippen molar-refractivity contribution in [3.05, 3.63) is 0 Å². The van der Waals surface area contributed by atoms with Crippen LogP contribution in [0.15, 0.2) is 0 Å². The lowest BCUT2D eigenvalue weighted by molar-refractivity contribution is -0.149. The van der Waals surface area contributed by atoms with Gasteiger partial charge in [0.15, 0.2) is 0 Å². The quantitative estimate of drug-likeness (QED) is 0.711. The van der Waals surface area contributed by atoms with Crippen LogP contribution in [0.5, 0.6) is 0 Å². The summed E-state index contributed by atoms with van der Waals surface area (Å²) >= 11 is 0. The summed E-state index contributed by atoms with van der Waals surface area (Å²) in [4.78, 5) is 16.6. The molecule has 2 saturated heterocycles. The summed E-state index contributed by atoms with van der Waals surface area (Å²) < 4.78 is 5.10. The predicted octanol–water partition coefficient (Wildman–Crippen LogP) is 1.75. The summed E-state index contributed by atoms with van der Waals surface area (Å²) in [5.41, 5.74) is 0. The Hall–Kier alpha value is -0.610. The van der Waals surface area contributed by atoms with E-state index in [1.54, 1.807) is 0 Å². The number of rotatable bonds is 5. The van der Waals surface area contributed by atoms with E-state index in [1.807, 2.05) is 13.8 Å². The van der Waals surface area contributed by atoms with Gasteiger partial charge in [0.2, 0.25) is 0 Å². The maximum Gasteiger partial charge on any atom is 0.323 e. The minimum absolute atomic E-state index is 0.0690. The minimum Gasteiger partial charge on any atom is -0.465 e. The number of hydrogen-bond acceptors (Lipinski definition) is 4. The van der Waals surface area contributed by atoms with E-state index in [2.05, 4.69) is 9.80 Å². The SMILES string of the molecule is CCOC(=O)C(C)N1CCC(CN2CCCC2)CC1. The lowest BCUT2D eigenvalue weighted by Gasteiger charge is -2.36. The fourth-order valence-corrected chi connectivity index (χ4v) is 3.27. The Morgan fingerprint density at radius 3 is 2.42 bits per heavy atom. The molecular formula is C15H28N2O2. The molecule has 1 unspecified atom stereocenters. The number of hydrogen-bond donors (Lipinski definition) is 0. The van der Waals surface area contributed by atoms with Crippen molar-refractivity contribution in [1.29, 1.82) is 0 Å². The molecule has 19 heavy (non-hydrogen) atoms. The van der Waals surface area contributed by atoms with Gasteiger partial charge in [0.1, 0.15) is 6.04 Å². The van der Waals surface area contributed by atoms with E-state index in [0.29, 0.717) is 6.61 Å². The van der Waals surface area contributed by atoms with Gasteiger partial charge in [-0.2, -0.15) is 0 Å². The third-order valence-electron chi connectivity index (χ3n) is 4.54. The van der Waals surface area contributed by atoms with Gasteiger partial charge in [0, 0.05) is 6.54 Å². The molecule has 0 N–H and O–H groups in total. The van der Waals surface area contributed by atoms with Gasteiger partial charge in [-0.15, -0.1) is 0 Å². The maximum absolute atomic E-state index is 11.7. The molecule has 0 saturated carbocycles. The van der Waals surface area contributed by atoms with Crippen molar-refractivity contribution >= 4 is 5.97 Å². The van der Waals surface area contributed by atoms with Crippen LogP contribution in [0.4, 0.5) is 0 Å². The lowest BCUT2D eigenvalue weighted by atomic mass is 9.95. The van der Waals surface area contributed by atoms with Crippen molar-refractivity contribution in [1.82, 2.24) is 9.80 Å². The first-order chi connectivity index (χ1) is 9.20. The van der Waals surface area contributed by atoms with E-state index < -0.39 is 0 Å². The number of carbonyl (C=O) groups is 1. The highest BCUT2D eigenvalue weighted by Gasteiger charge is 2.28. The average molecular weight is 268 g/mol. The summed E-state index contributed by atoms with van der Waals surface area (Å²) in [6.45, 7) is 10.2. The minimum atomic E-state index is -0.0762. The molecule has 0 aromatic rings. The van der Waals surface area contributed by atoms with Gasteiger partial charge in [-0.1, -0.05) is 0 Å². The van der Waals surface area contributed by atoms with E-state index in [-0.39, 0.29) is 12.0 Å². The molecule has 2 aliphatic rings. The first-order valence-corrected chi connectivity index (χ1v) is 7.83. The molecule has 0 aromatic carbocycles. The van der Waals surface area contributed by atoms with Crippen molar-refractivity contribution < 1.29 is 9.53 Å². The Morgan fingerprint density at radius 2 is 1.84 bits per heavy atom. The van der Waals surface area contributed by atoms with Crippen LogP contribution in [0, 0.1) is 5.92 Å². The molecule has 1 atom stereocenters. The molecule has 2 aliphatic heterocycles. The van der Waals surface area contributed by atoms with Gasteiger partial charge in [0.05, 0.1) is 6.61 Å². The van der Waals surface area contributed by atoms with Crippen LogP contribution in [-0.4, -0.2) is 61.1 Å². The third-order valence-corrected chi connectivity index (χ3v) is 4.54. The molecular weight excluding hydrogens is 240 g/mol. The monoisotopic (exact) mass is 268 g/mol. The molecule has 4 nitrogen and oxygen atoms in total. The zero-order valence-electron chi connectivity index (χ0n) is 12.4. The largest absolute Gasteiger partial charge is 0.465 e. The summed E-state index contributed by atoms with van der Waals surface area (Å²) in [6, 6.07) is -0.0762. The van der Waals surface area contributed by atoms with E-state index in [1.165, 1.54) is 45.3 Å². The molecule has 0 bridgehead atoms. The van der Waals surface area contributed by atoms with Crippen LogP contribution in [0.2, 0.25) is 0 Å². The molecule has 2 rings (SSSR count). The van der Waals surface area contributed by atoms with E-state index >= 15 is 0 Å². The summed E-state index contributed by atoms with van der Waals surface area (Å²) in [7, 11) is 0. The molecule has 2 fully saturated rings. The van der Waals surface area contributed by atoms with Gasteiger partial charge in [-0.3, -0.25) is 9.69 Å². The molecule has 0 radical (unpaired) electrons. The van der Waals surface area contributed by atoms with Crippen molar-refractivity contribution in [3.63, 3.8) is 0 Å². The topological polar surface area (TPSA) is 32.8 Å². The van der Waals surface area contributed by atoms with Gasteiger partial charge in [-0.05, 0) is 71.6 Å². The Morgan fingerprint density at radius 1 is 1.21 bits per heavy atom. The van der Waals surface area contributed by atoms with Gasteiger partial charge in [0.25, 0.3) is 0 Å². The highest BCUT2D eigenvalue weighted by atomic mass is 16.5. The second kappa shape index (κ2) is 7.25. The van der Waals surface area contributed by atoms with Crippen LogP contribution in [0.3, 0.4) is 0 Å². The standard InChI is InChI=1S/C15H28N2O2/c1-3-19-15(18)13(2)17-10-6-14(7-11-17)12-16-8-4-5-9-16/h13-14H,3-12H2,1-2H3. The van der Waals surface area contributed by atoms with Crippen molar-refractivity contribution in [2.24, 2.45) is 5.92 Å². The number of piperidine rings is 1. The molecule has 110 valence electrons. The Kier molecular flexibility index (Phi) is 5.64. The molecule has 0 spiro atoms. The van der Waals surface area contributed by atoms with Crippen molar-refractivity contribution in [2.45, 2.75) is 45.6 Å². The predicted molar refractivity (Wildman–Crippen MR) is 76.1 cm³/mol. The molecule has 0 aliphatic carbocycles. The van der Waals surface area contributed by atoms with Gasteiger partial charge in [-0.25, -0.2) is 0 Å². The van der Waals surface area contributed by atoms with Crippen LogP contribution >= 0.6 is 0 Å². The highest BCUT2D eigenvalue weighted by Crippen LogP contribution is 2.22. The van der Waals surface area contributed by atoms with Crippen LogP contribution < -0.4 is 0 Å². The van der Waals surface area contributed by atoms with Crippen LogP contribution in [0.1, 0.15) is 39.5 Å². The highest BCUT2D eigenvalue weighted by molar-refractivity contribution is 5.75. The van der Waals surface area contributed by atoms with E-state index in [9.17, 15) is 4.79 Å². The Labute approximate surface area is 117 Å². The van der Waals surface area contributed by atoms with Crippen molar-refractivity contribution in [3.8, 4) is 0 Å². The Bertz CT molecular complexity index is 282. The first kappa shape index (κ1) is 14.8. The first-order valence-electron chi connectivity index (χ1n) is 7.83. The Balaban J connectivity index is 1.70. The molecule has 4 heteroatoms. The number of carbonyl (C=O) groups excluding carboxylic acids is 1. The molecule has 2 heterocycles. The van der Waals surface area contributed by atoms with Crippen molar-refractivity contribution in [2.75, 3.05) is 39.3 Å². The van der Waals surface area contributed by atoms with Crippen LogP contribution in [-0.2, 0) is 9.53 Å². The summed E-state index contributed by atoms with van der Waals surface area (Å²) in [5, 5.41) is 0. The van der Waals surface area contributed by atoms with Gasteiger partial charge < -0.3 is 9.64 Å². The maximum atomic E-state index is 11.7. The zero-order valence-corrected chi connectivity index (χ0v) is 12.4. The van der Waals surface area contributed by atoms with E-state index in [4.69, 9.17) is 4.74 Å². The van der Waals surface area contributed by atoms with Crippen LogP contribution in [0.25, 0.3) is 0 Å². The third kappa shape index (κ3) is 4.18. The second-order valence-electron chi connectivity index (χ2n) is 5.92. The number of ether oxygens (including phenoxy) is 1. The average Bonchev–Trinajstić information content (AvgIpc) is 2.92. The number of nitrogens with zero attached hydrogens (tertiary/aromatic N) is 2. The zero-order chi connectivity index (χ0) is 13.7. The fraction of sp³-hybridized carbons (Fsp3) is 0.933. The summed E-state index contributed by atoms with van der Waals surface area (Å²) in [6.07, 6.45) is 5.19. The molecule has 0 aromatic heterocycles. The van der Waals surface area contributed by atoms with Gasteiger partial charge >= 0.3 is 5.97 Å². The smallest absolute Gasteiger partial charge is 0.323 e. The second-order valence-corrected chi connectivity index (χ2v) is 5.92. The fourth-order valence-electron chi connectivity index (χ4n) is 3.27. The lowest BCUT2D eigenvalue weighted by Crippen LogP contribution is -2.46.